The molecule has 0 saturated heterocycles. The van der Waals surface area contributed by atoms with E-state index in [0.717, 1.165) is 27.7 Å². The van der Waals surface area contributed by atoms with Crippen LogP contribution in [0, 0.1) is 0 Å². The number of ether oxygens (including phenoxy) is 2. The zero-order valence-electron chi connectivity index (χ0n) is 20.5. The van der Waals surface area contributed by atoms with Crippen LogP contribution < -0.4 is 10.1 Å². The van der Waals surface area contributed by atoms with Gasteiger partial charge in [0.15, 0.2) is 12.4 Å². The van der Waals surface area contributed by atoms with Crippen LogP contribution in [0.2, 0.25) is 0 Å². The average Bonchev–Trinajstić information content (AvgIpc) is 2.93. The molecule has 1 heterocycles. The molecule has 1 N–H and O–H groups in total. The minimum Gasteiger partial charge on any atom is -0.484 e. The second-order valence-corrected chi connectivity index (χ2v) is 8.02. The minimum atomic E-state index is -0.386. The molecule has 184 valence electrons. The largest absolute Gasteiger partial charge is 0.484 e. The van der Waals surface area contributed by atoms with E-state index >= 15 is 0 Å². The van der Waals surface area contributed by atoms with E-state index in [-0.39, 0.29) is 18.5 Å². The Balaban J connectivity index is 1.54. The van der Waals surface area contributed by atoms with E-state index in [4.69, 9.17) is 9.47 Å². The lowest BCUT2D eigenvalue weighted by atomic mass is 10.0. The van der Waals surface area contributed by atoms with Gasteiger partial charge in [-0.2, -0.15) is 0 Å². The van der Waals surface area contributed by atoms with Crippen molar-refractivity contribution in [2.45, 2.75) is 13.8 Å². The molecule has 0 spiro atoms. The van der Waals surface area contributed by atoms with Crippen LogP contribution in [0.25, 0.3) is 22.0 Å². The maximum Gasteiger partial charge on any atom is 0.337 e. The van der Waals surface area contributed by atoms with E-state index in [9.17, 15) is 9.59 Å². The SMILES string of the molecule is CCN(CC)C(=O)COc1ccc(-c2nnc(Nc3ccc(C(=O)OC)cc3)c3ccccc23)cc1. The van der Waals surface area contributed by atoms with Gasteiger partial charge in [-0.15, -0.1) is 10.2 Å². The fraction of sp³-hybridized carbons (Fsp3) is 0.214. The number of likely N-dealkylation sites (N-methyl/N-ethyl adjacent to an activating group) is 1. The Bertz CT molecular complexity index is 1350. The van der Waals surface area contributed by atoms with Crippen LogP contribution in [0.5, 0.6) is 5.75 Å². The molecule has 0 aliphatic carbocycles. The Morgan fingerprint density at radius 1 is 0.861 bits per heavy atom. The summed E-state index contributed by atoms with van der Waals surface area (Å²) >= 11 is 0. The number of methoxy groups -OCH3 is 1. The molecule has 0 radical (unpaired) electrons. The highest BCUT2D eigenvalue weighted by Gasteiger charge is 2.13. The van der Waals surface area contributed by atoms with E-state index < -0.39 is 0 Å². The molecule has 0 unspecified atom stereocenters. The number of amides is 1. The van der Waals surface area contributed by atoms with Gasteiger partial charge in [0.05, 0.1) is 12.7 Å². The molecule has 8 nitrogen and oxygen atoms in total. The quantitative estimate of drug-likeness (QED) is 0.331. The molecule has 0 fully saturated rings. The second-order valence-electron chi connectivity index (χ2n) is 8.02. The van der Waals surface area contributed by atoms with Crippen LogP contribution in [0.4, 0.5) is 11.5 Å². The zero-order chi connectivity index (χ0) is 25.5. The van der Waals surface area contributed by atoms with Gasteiger partial charge in [-0.05, 0) is 62.4 Å². The lowest BCUT2D eigenvalue weighted by Gasteiger charge is -2.18. The first kappa shape index (κ1) is 24.7. The van der Waals surface area contributed by atoms with E-state index in [1.54, 1.807) is 29.2 Å². The third kappa shape index (κ3) is 5.43. The number of rotatable bonds is 9. The first-order chi connectivity index (χ1) is 17.5. The van der Waals surface area contributed by atoms with Crippen molar-refractivity contribution in [3.05, 3.63) is 78.4 Å². The number of nitrogens with zero attached hydrogens (tertiary/aromatic N) is 3. The van der Waals surface area contributed by atoms with Crippen molar-refractivity contribution in [1.29, 1.82) is 0 Å². The summed E-state index contributed by atoms with van der Waals surface area (Å²) in [6.45, 7) is 5.22. The maximum atomic E-state index is 12.2. The smallest absolute Gasteiger partial charge is 0.337 e. The number of aromatic nitrogens is 2. The van der Waals surface area contributed by atoms with E-state index in [2.05, 4.69) is 15.5 Å². The molecule has 0 aliphatic rings. The summed E-state index contributed by atoms with van der Waals surface area (Å²) in [5.41, 5.74) is 2.87. The summed E-state index contributed by atoms with van der Waals surface area (Å²) in [5, 5.41) is 14.1. The molecule has 4 rings (SSSR count). The highest BCUT2D eigenvalue weighted by Crippen LogP contribution is 2.32. The third-order valence-electron chi connectivity index (χ3n) is 5.86. The van der Waals surface area contributed by atoms with Crippen LogP contribution >= 0.6 is 0 Å². The Kier molecular flexibility index (Phi) is 7.75. The van der Waals surface area contributed by atoms with Crippen molar-refractivity contribution in [3.63, 3.8) is 0 Å². The third-order valence-corrected chi connectivity index (χ3v) is 5.86. The van der Waals surface area contributed by atoms with Crippen molar-refractivity contribution >= 4 is 34.2 Å². The lowest BCUT2D eigenvalue weighted by molar-refractivity contribution is -0.132. The first-order valence-electron chi connectivity index (χ1n) is 11.8. The number of fused-ring (bicyclic) bond motifs is 1. The minimum absolute atomic E-state index is 0.00470. The first-order valence-corrected chi connectivity index (χ1v) is 11.8. The number of hydrogen-bond acceptors (Lipinski definition) is 7. The van der Waals surface area contributed by atoms with Crippen LogP contribution in [0.3, 0.4) is 0 Å². The van der Waals surface area contributed by atoms with Crippen molar-refractivity contribution in [3.8, 4) is 17.0 Å². The maximum absolute atomic E-state index is 12.2. The monoisotopic (exact) mass is 484 g/mol. The summed E-state index contributed by atoms with van der Waals surface area (Å²) in [5.74, 6) is 0.798. The second kappa shape index (κ2) is 11.3. The molecule has 0 bridgehead atoms. The molecule has 3 aromatic carbocycles. The number of carbonyl (C=O) groups is 2. The average molecular weight is 485 g/mol. The zero-order valence-corrected chi connectivity index (χ0v) is 20.5. The molecule has 0 saturated carbocycles. The molecule has 1 amide bonds. The van der Waals surface area contributed by atoms with Gasteiger partial charge in [0.1, 0.15) is 11.4 Å². The number of hydrogen-bond donors (Lipinski definition) is 1. The van der Waals surface area contributed by atoms with Gasteiger partial charge in [-0.25, -0.2) is 4.79 Å². The van der Waals surface area contributed by atoms with Crippen LogP contribution in [-0.4, -0.2) is 53.8 Å². The summed E-state index contributed by atoms with van der Waals surface area (Å²) in [4.78, 5) is 25.6. The predicted octanol–water partition coefficient (Wildman–Crippen LogP) is 5.07. The Hall–Kier alpha value is -4.46. The van der Waals surface area contributed by atoms with Crippen LogP contribution in [-0.2, 0) is 9.53 Å². The molecule has 4 aromatic rings. The molecular weight excluding hydrogens is 456 g/mol. The van der Waals surface area contributed by atoms with Gasteiger partial charge in [0.2, 0.25) is 0 Å². The van der Waals surface area contributed by atoms with Gasteiger partial charge in [-0.3, -0.25) is 4.79 Å². The van der Waals surface area contributed by atoms with Crippen molar-refractivity contribution < 1.29 is 19.1 Å². The Labute approximate surface area is 209 Å². The van der Waals surface area contributed by atoms with E-state index in [1.807, 2.05) is 62.4 Å². The summed E-state index contributed by atoms with van der Waals surface area (Å²) in [6.07, 6.45) is 0. The fourth-order valence-electron chi connectivity index (χ4n) is 3.88. The molecule has 8 heteroatoms. The molecule has 36 heavy (non-hydrogen) atoms. The van der Waals surface area contributed by atoms with E-state index in [1.165, 1.54) is 7.11 Å². The number of anilines is 2. The summed E-state index contributed by atoms with van der Waals surface area (Å²) < 4.78 is 10.4. The van der Waals surface area contributed by atoms with Crippen molar-refractivity contribution in [2.24, 2.45) is 0 Å². The van der Waals surface area contributed by atoms with Gasteiger partial charge < -0.3 is 19.7 Å². The Morgan fingerprint density at radius 2 is 1.53 bits per heavy atom. The topological polar surface area (TPSA) is 93.7 Å². The Morgan fingerprint density at radius 3 is 2.17 bits per heavy atom. The number of esters is 1. The van der Waals surface area contributed by atoms with Crippen molar-refractivity contribution in [1.82, 2.24) is 15.1 Å². The molecular formula is C28H28N4O4. The number of carbonyl (C=O) groups excluding carboxylic acids is 2. The standard InChI is InChI=1S/C28H28N4O4/c1-4-32(5-2)25(33)18-36-22-16-12-19(13-17-22)26-23-8-6-7-9-24(23)27(31-30-26)29-21-14-10-20(11-15-21)28(34)35-3/h6-17H,4-5,18H2,1-3H3,(H,29,31). The molecule has 0 aliphatic heterocycles. The number of nitrogens with one attached hydrogen (secondary N) is 1. The molecule has 1 aromatic heterocycles. The van der Waals surface area contributed by atoms with E-state index in [0.29, 0.717) is 30.2 Å². The fourth-order valence-corrected chi connectivity index (χ4v) is 3.88. The summed E-state index contributed by atoms with van der Waals surface area (Å²) in [6, 6.07) is 22.3. The molecule has 0 atom stereocenters. The lowest BCUT2D eigenvalue weighted by Crippen LogP contribution is -2.34. The van der Waals surface area contributed by atoms with Crippen LogP contribution in [0.1, 0.15) is 24.2 Å². The predicted molar refractivity (Wildman–Crippen MR) is 139 cm³/mol. The van der Waals surface area contributed by atoms with Crippen LogP contribution in [0.15, 0.2) is 72.8 Å². The van der Waals surface area contributed by atoms with Gasteiger partial charge in [0.25, 0.3) is 5.91 Å². The number of benzene rings is 3. The summed E-state index contributed by atoms with van der Waals surface area (Å²) in [7, 11) is 1.35. The highest BCUT2D eigenvalue weighted by molar-refractivity contribution is 6.01. The highest BCUT2D eigenvalue weighted by atomic mass is 16.5. The van der Waals surface area contributed by atoms with Gasteiger partial charge in [0, 0.05) is 35.1 Å². The normalized spacial score (nSPS) is 10.6. The van der Waals surface area contributed by atoms with Crippen molar-refractivity contribution in [2.75, 3.05) is 32.1 Å². The van der Waals surface area contributed by atoms with Gasteiger partial charge in [-0.1, -0.05) is 24.3 Å². The van der Waals surface area contributed by atoms with Gasteiger partial charge >= 0.3 is 5.97 Å².